The average Bonchev–Trinajstić information content (AvgIpc) is 2.73. The van der Waals surface area contributed by atoms with Gasteiger partial charge in [-0.05, 0) is 54.6 Å². The second kappa shape index (κ2) is 5.32. The third kappa shape index (κ3) is 2.89. The normalized spacial score (nSPS) is 23.8. The van der Waals surface area contributed by atoms with Crippen LogP contribution >= 0.6 is 22.6 Å². The first-order valence-corrected chi connectivity index (χ1v) is 6.99. The number of hydrogen-bond acceptors (Lipinski definition) is 2. The van der Waals surface area contributed by atoms with E-state index in [1.165, 1.54) is 12.1 Å². The van der Waals surface area contributed by atoms with Gasteiger partial charge in [-0.15, -0.1) is 0 Å². The van der Waals surface area contributed by atoms with Gasteiger partial charge in [0.1, 0.15) is 11.6 Å². The Morgan fingerprint density at radius 2 is 2.21 bits per heavy atom. The molecule has 1 aliphatic rings. The number of carboxylic acid groups (broad SMARTS) is 1. The van der Waals surface area contributed by atoms with Crippen molar-refractivity contribution in [3.05, 3.63) is 32.9 Å². The molecule has 2 rings (SSSR count). The molecule has 0 aliphatic carbocycles. The molecule has 1 fully saturated rings. The van der Waals surface area contributed by atoms with E-state index < -0.39 is 23.0 Å². The smallest absolute Gasteiger partial charge is 0.310 e. The standard InChI is InChI=1S/C13H14F2INO2/c1-13(12(18)19)4-5-17(7-13)6-8-9(14)2-3-10(16)11(8)15/h2-3H,4-7H2,1H3,(H,18,19). The minimum atomic E-state index is -0.862. The molecule has 1 N–H and O–H groups in total. The molecule has 1 aliphatic heterocycles. The zero-order valence-corrected chi connectivity index (χ0v) is 12.6. The van der Waals surface area contributed by atoms with E-state index in [1.807, 2.05) is 22.6 Å². The van der Waals surface area contributed by atoms with E-state index in [2.05, 4.69) is 0 Å². The van der Waals surface area contributed by atoms with Crippen molar-refractivity contribution in [1.29, 1.82) is 0 Å². The Hall–Kier alpha value is -0.760. The second-order valence-corrected chi connectivity index (χ2v) is 6.31. The quantitative estimate of drug-likeness (QED) is 0.647. The summed E-state index contributed by atoms with van der Waals surface area (Å²) in [5.74, 6) is -2.00. The molecule has 1 heterocycles. The number of nitrogens with zero attached hydrogens (tertiary/aromatic N) is 1. The first kappa shape index (κ1) is 14.6. The van der Waals surface area contributed by atoms with Crippen molar-refractivity contribution in [2.45, 2.75) is 19.9 Å². The lowest BCUT2D eigenvalue weighted by molar-refractivity contribution is -0.147. The molecule has 3 nitrogen and oxygen atoms in total. The molecule has 1 saturated heterocycles. The molecule has 1 aromatic carbocycles. The first-order chi connectivity index (χ1) is 8.83. The fourth-order valence-electron chi connectivity index (χ4n) is 2.30. The average molecular weight is 381 g/mol. The van der Waals surface area contributed by atoms with Crippen molar-refractivity contribution in [2.75, 3.05) is 13.1 Å². The van der Waals surface area contributed by atoms with Crippen molar-refractivity contribution in [2.24, 2.45) is 5.41 Å². The van der Waals surface area contributed by atoms with Gasteiger partial charge in [-0.3, -0.25) is 9.69 Å². The number of carboxylic acids is 1. The molecule has 0 amide bonds. The van der Waals surface area contributed by atoms with E-state index >= 15 is 0 Å². The number of carbonyl (C=O) groups is 1. The van der Waals surface area contributed by atoms with Gasteiger partial charge in [-0.1, -0.05) is 0 Å². The van der Waals surface area contributed by atoms with Crippen molar-refractivity contribution >= 4 is 28.6 Å². The number of rotatable bonds is 3. The lowest BCUT2D eigenvalue weighted by Gasteiger charge is -2.20. The van der Waals surface area contributed by atoms with Crippen LogP contribution in [-0.2, 0) is 11.3 Å². The molecule has 0 saturated carbocycles. The van der Waals surface area contributed by atoms with E-state index in [0.717, 1.165) is 0 Å². The second-order valence-electron chi connectivity index (χ2n) is 5.15. The highest BCUT2D eigenvalue weighted by Crippen LogP contribution is 2.32. The first-order valence-electron chi connectivity index (χ1n) is 5.91. The van der Waals surface area contributed by atoms with Crippen LogP contribution in [-0.4, -0.2) is 29.1 Å². The van der Waals surface area contributed by atoms with E-state index in [1.54, 1.807) is 11.8 Å². The van der Waals surface area contributed by atoms with Crippen molar-refractivity contribution in [1.82, 2.24) is 4.90 Å². The monoisotopic (exact) mass is 381 g/mol. The van der Waals surface area contributed by atoms with Gasteiger partial charge >= 0.3 is 5.97 Å². The third-order valence-corrected chi connectivity index (χ3v) is 4.42. The summed E-state index contributed by atoms with van der Waals surface area (Å²) < 4.78 is 27.9. The maximum atomic E-state index is 13.9. The molecular formula is C13H14F2INO2. The van der Waals surface area contributed by atoms with Gasteiger partial charge in [0, 0.05) is 22.2 Å². The van der Waals surface area contributed by atoms with Crippen LogP contribution < -0.4 is 0 Å². The van der Waals surface area contributed by atoms with Crippen molar-refractivity contribution < 1.29 is 18.7 Å². The lowest BCUT2D eigenvalue weighted by Crippen LogP contribution is -2.31. The van der Waals surface area contributed by atoms with Crippen LogP contribution in [0.25, 0.3) is 0 Å². The molecule has 104 valence electrons. The minimum absolute atomic E-state index is 0.0153. The molecule has 19 heavy (non-hydrogen) atoms. The Morgan fingerprint density at radius 1 is 1.53 bits per heavy atom. The number of halogens is 3. The van der Waals surface area contributed by atoms with Crippen molar-refractivity contribution in [3.63, 3.8) is 0 Å². The van der Waals surface area contributed by atoms with Crippen LogP contribution in [0.2, 0.25) is 0 Å². The highest BCUT2D eigenvalue weighted by molar-refractivity contribution is 14.1. The van der Waals surface area contributed by atoms with E-state index in [9.17, 15) is 13.6 Å². The maximum Gasteiger partial charge on any atom is 0.310 e. The van der Waals surface area contributed by atoms with Crippen LogP contribution in [0, 0.1) is 20.6 Å². The number of hydrogen-bond donors (Lipinski definition) is 1. The summed E-state index contributed by atoms with van der Waals surface area (Å²) in [5, 5.41) is 9.13. The highest BCUT2D eigenvalue weighted by atomic mass is 127. The van der Waals surface area contributed by atoms with Gasteiger partial charge in [-0.25, -0.2) is 8.78 Å². The van der Waals surface area contributed by atoms with Gasteiger partial charge in [0.15, 0.2) is 0 Å². The maximum absolute atomic E-state index is 13.9. The fourth-order valence-corrected chi connectivity index (χ4v) is 2.81. The molecule has 0 bridgehead atoms. The molecule has 1 aromatic rings. The van der Waals surface area contributed by atoms with Gasteiger partial charge in [0.05, 0.1) is 5.41 Å². The van der Waals surface area contributed by atoms with Gasteiger partial charge in [0.2, 0.25) is 0 Å². The van der Waals surface area contributed by atoms with Crippen LogP contribution in [0.4, 0.5) is 8.78 Å². The van der Waals surface area contributed by atoms with Crippen LogP contribution in [0.1, 0.15) is 18.9 Å². The Morgan fingerprint density at radius 3 is 2.79 bits per heavy atom. The highest BCUT2D eigenvalue weighted by Gasteiger charge is 2.40. The largest absolute Gasteiger partial charge is 0.481 e. The Kier molecular flexibility index (Phi) is 4.10. The van der Waals surface area contributed by atoms with Gasteiger partial charge in [0.25, 0.3) is 0 Å². The Bertz CT molecular complexity index is 524. The molecule has 0 radical (unpaired) electrons. The Labute approximate surface area is 123 Å². The summed E-state index contributed by atoms with van der Waals surface area (Å²) in [4.78, 5) is 12.9. The Balaban J connectivity index is 2.16. The number of likely N-dealkylation sites (tertiary alicyclic amines) is 1. The van der Waals surface area contributed by atoms with Crippen LogP contribution in [0.3, 0.4) is 0 Å². The minimum Gasteiger partial charge on any atom is -0.481 e. The topological polar surface area (TPSA) is 40.5 Å². The lowest BCUT2D eigenvalue weighted by atomic mass is 9.90. The van der Waals surface area contributed by atoms with E-state index in [-0.39, 0.29) is 12.1 Å². The van der Waals surface area contributed by atoms with Gasteiger partial charge < -0.3 is 5.11 Å². The summed E-state index contributed by atoms with van der Waals surface area (Å²) >= 11 is 1.82. The van der Waals surface area contributed by atoms with Crippen molar-refractivity contribution in [3.8, 4) is 0 Å². The van der Waals surface area contributed by atoms with Crippen LogP contribution in [0.5, 0.6) is 0 Å². The molecule has 0 spiro atoms. The summed E-state index contributed by atoms with van der Waals surface area (Å²) in [6, 6.07) is 2.63. The van der Waals surface area contributed by atoms with Gasteiger partial charge in [-0.2, -0.15) is 0 Å². The third-order valence-electron chi connectivity index (χ3n) is 3.59. The predicted molar refractivity (Wildman–Crippen MR) is 74.7 cm³/mol. The predicted octanol–water partition coefficient (Wildman–Crippen LogP) is 2.87. The fraction of sp³-hybridized carbons (Fsp3) is 0.462. The molecule has 6 heteroatoms. The van der Waals surface area contributed by atoms with E-state index in [0.29, 0.717) is 23.1 Å². The summed E-state index contributed by atoms with van der Waals surface area (Å²) in [7, 11) is 0. The number of aliphatic carboxylic acids is 1. The van der Waals surface area contributed by atoms with Crippen LogP contribution in [0.15, 0.2) is 12.1 Å². The summed E-state index contributed by atoms with van der Waals surface area (Å²) in [6.07, 6.45) is 0.496. The zero-order valence-electron chi connectivity index (χ0n) is 10.4. The molecule has 1 atom stereocenters. The molecule has 1 unspecified atom stereocenters. The summed E-state index contributed by atoms with van der Waals surface area (Å²) in [5.41, 5.74) is -0.809. The van der Waals surface area contributed by atoms with E-state index in [4.69, 9.17) is 5.11 Å². The SMILES string of the molecule is CC1(C(=O)O)CCN(Cc2c(F)ccc(I)c2F)C1. The summed E-state index contributed by atoms with van der Waals surface area (Å²) in [6.45, 7) is 2.62. The molecular weight excluding hydrogens is 367 g/mol. The zero-order chi connectivity index (χ0) is 14.2. The molecule has 0 aromatic heterocycles. The number of benzene rings is 1.